The van der Waals surface area contributed by atoms with E-state index in [9.17, 15) is 23.2 Å². The molecular weight excluding hydrogens is 391 g/mol. The van der Waals surface area contributed by atoms with Crippen molar-refractivity contribution in [2.24, 2.45) is 5.73 Å². The first-order valence-electron chi connectivity index (χ1n) is 8.36. The number of rotatable bonds is 4. The smallest absolute Gasteiger partial charge is 0.414 e. The highest BCUT2D eigenvalue weighted by molar-refractivity contribution is 5.96. The van der Waals surface area contributed by atoms with Gasteiger partial charge in [-0.2, -0.15) is 23.5 Å². The molecule has 11 heteroatoms. The topological polar surface area (TPSA) is 126 Å². The molecule has 0 amide bonds. The number of anilines is 1. The number of hydrogen-bond donors (Lipinski definition) is 3. The second-order valence-electron chi connectivity index (χ2n) is 6.04. The van der Waals surface area contributed by atoms with E-state index < -0.39 is 34.5 Å². The molecule has 2 aromatic rings. The molecule has 1 aliphatic rings. The predicted molar refractivity (Wildman–Crippen MR) is 95.4 cm³/mol. The number of methoxy groups -OCH3 is 1. The number of nitrogens with two attached hydrogens (primary N) is 1. The third kappa shape index (κ3) is 2.84. The molecule has 1 aromatic heterocycles. The van der Waals surface area contributed by atoms with Gasteiger partial charge < -0.3 is 20.5 Å². The number of nitrogens with zero attached hydrogens (tertiary/aromatic N) is 2. The largest absolute Gasteiger partial charge is 0.497 e. The van der Waals surface area contributed by atoms with Crippen LogP contribution in [0.15, 0.2) is 35.7 Å². The van der Waals surface area contributed by atoms with Crippen molar-refractivity contribution in [3.8, 4) is 23.1 Å². The van der Waals surface area contributed by atoms with E-state index in [1.807, 2.05) is 0 Å². The van der Waals surface area contributed by atoms with Gasteiger partial charge in [-0.3, -0.25) is 9.89 Å². The minimum absolute atomic E-state index is 0.110. The summed E-state index contributed by atoms with van der Waals surface area (Å²) in [4.78, 5) is 12.8. The Balaban J connectivity index is 2.38. The van der Waals surface area contributed by atoms with Crippen LogP contribution in [0.3, 0.4) is 0 Å². The number of fused-ring (bicyclic) bond motifs is 1. The van der Waals surface area contributed by atoms with Gasteiger partial charge in [0.25, 0.3) is 0 Å². The molecule has 1 aromatic carbocycles. The van der Waals surface area contributed by atoms with Gasteiger partial charge in [0.1, 0.15) is 23.2 Å². The highest BCUT2D eigenvalue weighted by atomic mass is 19.4. The number of aromatic nitrogens is 2. The number of aromatic amines is 1. The number of carbonyl (C=O) groups is 1. The van der Waals surface area contributed by atoms with Crippen molar-refractivity contribution >= 4 is 11.8 Å². The van der Waals surface area contributed by atoms with E-state index in [0.29, 0.717) is 5.75 Å². The number of ether oxygens (including phenoxy) is 2. The molecule has 1 aliphatic heterocycles. The zero-order valence-electron chi connectivity index (χ0n) is 15.3. The number of nitrogens with one attached hydrogen (secondary N) is 2. The Kier molecular flexibility index (Phi) is 4.88. The Morgan fingerprint density at radius 1 is 1.34 bits per heavy atom. The van der Waals surface area contributed by atoms with Gasteiger partial charge in [0.05, 0.1) is 25.0 Å². The normalized spacial score (nSPS) is 18.5. The Morgan fingerprint density at radius 2 is 2.00 bits per heavy atom. The summed E-state index contributed by atoms with van der Waals surface area (Å²) in [7, 11) is 1.44. The molecule has 0 bridgehead atoms. The van der Waals surface area contributed by atoms with Gasteiger partial charge in [-0.1, -0.05) is 0 Å². The fraction of sp³-hybridized carbons (Fsp3) is 0.278. The standard InChI is InChI=1S/C18H16F3N5O3/c1-3-29-16(27)17(18(19,20)21)11(8-22)14(23)24-15-12(17)13(25-26-15)9-4-6-10(28-2)7-5-9/h4-7H,3,23H2,1-2H3,(H2,24,25,26). The monoisotopic (exact) mass is 407 g/mol. The van der Waals surface area contributed by atoms with Gasteiger partial charge >= 0.3 is 12.1 Å². The van der Waals surface area contributed by atoms with E-state index in [-0.39, 0.29) is 23.7 Å². The molecule has 4 N–H and O–H groups in total. The first-order valence-corrected chi connectivity index (χ1v) is 8.36. The van der Waals surface area contributed by atoms with Crippen molar-refractivity contribution in [3.63, 3.8) is 0 Å². The van der Waals surface area contributed by atoms with Gasteiger partial charge in [0.2, 0.25) is 5.41 Å². The average molecular weight is 407 g/mol. The van der Waals surface area contributed by atoms with Crippen molar-refractivity contribution in [1.82, 2.24) is 10.2 Å². The minimum Gasteiger partial charge on any atom is -0.497 e. The molecule has 1 unspecified atom stereocenters. The second kappa shape index (κ2) is 7.05. The van der Waals surface area contributed by atoms with E-state index >= 15 is 0 Å². The summed E-state index contributed by atoms with van der Waals surface area (Å²) in [6.45, 7) is 1.04. The Bertz CT molecular complexity index is 1020. The fourth-order valence-electron chi connectivity index (χ4n) is 3.27. The van der Waals surface area contributed by atoms with E-state index in [0.717, 1.165) is 0 Å². The number of esters is 1. The van der Waals surface area contributed by atoms with Crippen LogP contribution in [0, 0.1) is 11.3 Å². The molecule has 3 rings (SSSR count). The molecule has 2 heterocycles. The van der Waals surface area contributed by atoms with Gasteiger partial charge in [0.15, 0.2) is 5.82 Å². The summed E-state index contributed by atoms with van der Waals surface area (Å²) in [5.74, 6) is -2.13. The minimum atomic E-state index is -5.24. The van der Waals surface area contributed by atoms with Crippen LogP contribution in [0.25, 0.3) is 11.3 Å². The van der Waals surface area contributed by atoms with Gasteiger partial charge in [-0.05, 0) is 31.2 Å². The highest BCUT2D eigenvalue weighted by Gasteiger charge is 2.69. The van der Waals surface area contributed by atoms with Gasteiger partial charge in [-0.15, -0.1) is 0 Å². The molecule has 29 heavy (non-hydrogen) atoms. The van der Waals surface area contributed by atoms with E-state index in [1.165, 1.54) is 44.4 Å². The Morgan fingerprint density at radius 3 is 2.52 bits per heavy atom. The van der Waals surface area contributed by atoms with Crippen LogP contribution < -0.4 is 15.8 Å². The van der Waals surface area contributed by atoms with Crippen molar-refractivity contribution in [2.45, 2.75) is 18.5 Å². The van der Waals surface area contributed by atoms with Crippen LogP contribution in [0.5, 0.6) is 5.75 Å². The quantitative estimate of drug-likeness (QED) is 0.665. The molecule has 0 radical (unpaired) electrons. The zero-order chi connectivity index (χ0) is 21.4. The molecular formula is C18H16F3N5O3. The van der Waals surface area contributed by atoms with Crippen LogP contribution in [0.1, 0.15) is 12.5 Å². The molecule has 0 saturated heterocycles. The maximum atomic E-state index is 14.5. The lowest BCUT2D eigenvalue weighted by atomic mass is 9.71. The lowest BCUT2D eigenvalue weighted by molar-refractivity contribution is -0.200. The highest BCUT2D eigenvalue weighted by Crippen LogP contribution is 2.54. The van der Waals surface area contributed by atoms with E-state index in [2.05, 4.69) is 15.5 Å². The van der Waals surface area contributed by atoms with Crippen LogP contribution >= 0.6 is 0 Å². The first kappa shape index (κ1) is 20.1. The SMILES string of the molecule is CCOC(=O)C1(C(F)(F)F)C(C#N)=C(N)Nc2n[nH]c(-c3ccc(OC)cc3)c21. The predicted octanol–water partition coefficient (Wildman–Crippen LogP) is 2.57. The molecule has 1 atom stereocenters. The second-order valence-corrected chi connectivity index (χ2v) is 6.04. The van der Waals surface area contributed by atoms with Gasteiger partial charge in [-0.25, -0.2) is 0 Å². The Labute approximate surface area is 163 Å². The van der Waals surface area contributed by atoms with Crippen LogP contribution in [0.4, 0.5) is 19.0 Å². The fourth-order valence-corrected chi connectivity index (χ4v) is 3.27. The maximum absolute atomic E-state index is 14.5. The van der Waals surface area contributed by atoms with E-state index in [4.69, 9.17) is 15.2 Å². The molecule has 152 valence electrons. The summed E-state index contributed by atoms with van der Waals surface area (Å²) in [5, 5.41) is 18.3. The number of H-pyrrole nitrogens is 1. The molecule has 0 saturated carbocycles. The number of benzene rings is 1. The average Bonchev–Trinajstić information content (AvgIpc) is 3.09. The third-order valence-corrected chi connectivity index (χ3v) is 4.54. The van der Waals surface area contributed by atoms with Gasteiger partial charge in [0, 0.05) is 5.56 Å². The molecule has 8 nitrogen and oxygen atoms in total. The van der Waals surface area contributed by atoms with Crippen molar-refractivity contribution < 1.29 is 27.4 Å². The van der Waals surface area contributed by atoms with Crippen LogP contribution in [0.2, 0.25) is 0 Å². The summed E-state index contributed by atoms with van der Waals surface area (Å²) in [6.07, 6.45) is -5.24. The Hall–Kier alpha value is -3.68. The van der Waals surface area contributed by atoms with Crippen molar-refractivity contribution in [2.75, 3.05) is 19.0 Å². The number of nitriles is 1. The van der Waals surface area contributed by atoms with Crippen molar-refractivity contribution in [3.05, 3.63) is 41.2 Å². The third-order valence-electron chi connectivity index (χ3n) is 4.54. The molecule has 0 spiro atoms. The number of halogens is 3. The maximum Gasteiger partial charge on any atom is 0.414 e. The summed E-state index contributed by atoms with van der Waals surface area (Å²) < 4.78 is 53.4. The van der Waals surface area contributed by atoms with Crippen LogP contribution in [-0.2, 0) is 14.9 Å². The number of hydrogen-bond acceptors (Lipinski definition) is 7. The summed E-state index contributed by atoms with van der Waals surface area (Å²) in [6, 6.07) is 7.48. The number of carbonyl (C=O) groups excluding carboxylic acids is 1. The van der Waals surface area contributed by atoms with E-state index in [1.54, 1.807) is 0 Å². The lowest BCUT2D eigenvalue weighted by Crippen LogP contribution is -2.54. The molecule has 0 aliphatic carbocycles. The van der Waals surface area contributed by atoms with Crippen molar-refractivity contribution in [1.29, 1.82) is 5.26 Å². The lowest BCUT2D eigenvalue weighted by Gasteiger charge is -2.36. The molecule has 0 fully saturated rings. The summed E-state index contributed by atoms with van der Waals surface area (Å²) >= 11 is 0. The first-order chi connectivity index (χ1) is 13.7. The summed E-state index contributed by atoms with van der Waals surface area (Å²) in [5.41, 5.74) is 0.812. The zero-order valence-corrected chi connectivity index (χ0v) is 15.3. The number of alkyl halides is 3. The van der Waals surface area contributed by atoms with Crippen LogP contribution in [-0.4, -0.2) is 36.1 Å².